The summed E-state index contributed by atoms with van der Waals surface area (Å²) in [6, 6.07) is 4.48. The number of thiophene rings is 1. The van der Waals surface area contributed by atoms with Crippen molar-refractivity contribution in [2.75, 3.05) is 18.1 Å². The molecule has 5 nitrogen and oxygen atoms in total. The predicted octanol–water partition coefficient (Wildman–Crippen LogP) is 5.46. The highest BCUT2D eigenvalue weighted by Crippen LogP contribution is 2.36. The number of hydrogen-bond acceptors (Lipinski definition) is 4. The van der Waals surface area contributed by atoms with Gasteiger partial charge in [-0.15, -0.1) is 11.3 Å². The summed E-state index contributed by atoms with van der Waals surface area (Å²) in [5.41, 5.74) is 0.972. The number of hydrogen-bond donors (Lipinski definition) is 1. The van der Waals surface area contributed by atoms with Gasteiger partial charge in [0.1, 0.15) is 11.2 Å². The summed E-state index contributed by atoms with van der Waals surface area (Å²) >= 11 is 3.70. The average Bonchev–Trinajstić information content (AvgIpc) is 3.35. The van der Waals surface area contributed by atoms with Crippen molar-refractivity contribution in [3.8, 4) is 0 Å². The Labute approximate surface area is 200 Å². The van der Waals surface area contributed by atoms with Crippen LogP contribution in [0.3, 0.4) is 0 Å². The van der Waals surface area contributed by atoms with Crippen molar-refractivity contribution in [1.82, 2.24) is 14.8 Å². The fraction of sp³-hybridized carbons (Fsp3) is 0.680. The number of fused-ring (bicyclic) bond motifs is 3. The lowest BCUT2D eigenvalue weighted by molar-refractivity contribution is -0.133. The molecular weight excluding hydrogens is 438 g/mol. The van der Waals surface area contributed by atoms with Crippen molar-refractivity contribution in [2.45, 2.75) is 90.3 Å². The van der Waals surface area contributed by atoms with Crippen molar-refractivity contribution >= 4 is 45.1 Å². The van der Waals surface area contributed by atoms with Crippen LogP contribution in [0.25, 0.3) is 10.2 Å². The molecule has 0 radical (unpaired) electrons. The second kappa shape index (κ2) is 10.2. The lowest BCUT2D eigenvalue weighted by Gasteiger charge is -2.45. The summed E-state index contributed by atoms with van der Waals surface area (Å²) in [5.74, 6) is 2.18. The van der Waals surface area contributed by atoms with E-state index in [1.54, 1.807) is 11.3 Å². The molecule has 1 saturated carbocycles. The van der Waals surface area contributed by atoms with E-state index in [2.05, 4.69) is 29.8 Å². The van der Waals surface area contributed by atoms with Crippen molar-refractivity contribution in [1.29, 1.82) is 0 Å². The highest BCUT2D eigenvalue weighted by atomic mass is 32.2. The van der Waals surface area contributed by atoms with Gasteiger partial charge in [0.15, 0.2) is 0 Å². The zero-order valence-electron chi connectivity index (χ0n) is 19.7. The largest absolute Gasteiger partial charge is 0.351 e. The Bertz CT molecular complexity index is 960. The molecule has 0 unspecified atom stereocenters. The highest BCUT2D eigenvalue weighted by molar-refractivity contribution is 7.99. The molecule has 0 bridgehead atoms. The number of thioether (sulfide) groups is 1. The Balaban J connectivity index is 1.62. The van der Waals surface area contributed by atoms with Crippen LogP contribution in [0.5, 0.6) is 0 Å². The maximum atomic E-state index is 13.7. The van der Waals surface area contributed by atoms with Gasteiger partial charge in [-0.25, -0.2) is 0 Å². The number of nitrogens with one attached hydrogen (secondary N) is 1. The van der Waals surface area contributed by atoms with Gasteiger partial charge in [0.2, 0.25) is 5.91 Å². The second-order valence-corrected chi connectivity index (χ2v) is 11.8. The van der Waals surface area contributed by atoms with Gasteiger partial charge < -0.3 is 14.8 Å². The molecule has 1 N–H and O–H groups in total. The topological polar surface area (TPSA) is 54.3 Å². The van der Waals surface area contributed by atoms with Gasteiger partial charge in [-0.3, -0.25) is 9.59 Å². The first kappa shape index (κ1) is 23.7. The van der Waals surface area contributed by atoms with E-state index in [0.717, 1.165) is 53.1 Å². The number of nitrogens with zero attached hydrogens (tertiary/aromatic N) is 2. The van der Waals surface area contributed by atoms with E-state index in [1.807, 2.05) is 29.7 Å². The summed E-state index contributed by atoms with van der Waals surface area (Å²) in [5, 5.41) is 3.33. The minimum atomic E-state index is -0.864. The molecule has 0 saturated heterocycles. The maximum absolute atomic E-state index is 13.7. The standard InChI is InChI=1S/C25H37N3O2S2/c1-4-13-31-14-9-12-28-23(29)21-16-22-20(15-19(5-2)32-22)27(21)17-25(28,3)24(30)26-18-10-7-6-8-11-18/h15-16,18H,4-14,17H2,1-3H3,(H,26,30)/t25-/m0/s1. The molecule has 2 amide bonds. The van der Waals surface area contributed by atoms with Gasteiger partial charge >= 0.3 is 0 Å². The minimum Gasteiger partial charge on any atom is -0.351 e. The summed E-state index contributed by atoms with van der Waals surface area (Å²) in [7, 11) is 0. The molecule has 0 spiro atoms. The summed E-state index contributed by atoms with van der Waals surface area (Å²) in [6.45, 7) is 7.48. The van der Waals surface area contributed by atoms with Crippen LogP contribution in [0.4, 0.5) is 0 Å². The lowest BCUT2D eigenvalue weighted by atomic mass is 9.91. The van der Waals surface area contributed by atoms with E-state index in [4.69, 9.17) is 0 Å². The number of rotatable bonds is 9. The van der Waals surface area contributed by atoms with Crippen LogP contribution < -0.4 is 5.32 Å². The molecule has 1 aliphatic heterocycles. The molecule has 4 rings (SSSR count). The van der Waals surface area contributed by atoms with E-state index in [0.29, 0.717) is 13.1 Å². The summed E-state index contributed by atoms with van der Waals surface area (Å²) < 4.78 is 3.26. The van der Waals surface area contributed by atoms with Crippen LogP contribution in [-0.4, -0.2) is 50.9 Å². The zero-order valence-corrected chi connectivity index (χ0v) is 21.4. The molecule has 176 valence electrons. The molecule has 1 fully saturated rings. The Hall–Kier alpha value is -1.47. The van der Waals surface area contributed by atoms with Gasteiger partial charge in [-0.1, -0.05) is 33.1 Å². The zero-order chi connectivity index (χ0) is 22.7. The molecule has 2 aromatic rings. The average molecular weight is 476 g/mol. The molecule has 0 aromatic carbocycles. The SMILES string of the molecule is CCCSCCCN1C(=O)c2cc3sc(CC)cc3n2C[C@@]1(C)C(=O)NC1CCCCC1. The number of carbonyl (C=O) groups is 2. The van der Waals surface area contributed by atoms with E-state index in [-0.39, 0.29) is 17.9 Å². The van der Waals surface area contributed by atoms with Crippen molar-refractivity contribution in [2.24, 2.45) is 0 Å². The van der Waals surface area contributed by atoms with Crippen LogP contribution in [-0.2, 0) is 17.8 Å². The molecular formula is C25H37N3O2S2. The van der Waals surface area contributed by atoms with Gasteiger partial charge in [0.05, 0.1) is 16.8 Å². The molecule has 7 heteroatoms. The van der Waals surface area contributed by atoms with Crippen molar-refractivity contribution in [3.05, 3.63) is 22.7 Å². The first-order valence-electron chi connectivity index (χ1n) is 12.3. The monoisotopic (exact) mass is 475 g/mol. The van der Waals surface area contributed by atoms with Gasteiger partial charge in [0, 0.05) is 17.5 Å². The van der Waals surface area contributed by atoms with E-state index >= 15 is 0 Å². The highest BCUT2D eigenvalue weighted by Gasteiger charge is 2.48. The third-order valence-electron chi connectivity index (χ3n) is 6.96. The van der Waals surface area contributed by atoms with Crippen LogP contribution in [0.1, 0.15) is 81.1 Å². The number of amides is 2. The molecule has 1 atom stereocenters. The fourth-order valence-electron chi connectivity index (χ4n) is 5.07. The Kier molecular flexibility index (Phi) is 7.55. The van der Waals surface area contributed by atoms with Gasteiger partial charge in [0.25, 0.3) is 5.91 Å². The van der Waals surface area contributed by atoms with Gasteiger partial charge in [-0.05, 0) is 62.7 Å². The summed E-state index contributed by atoms with van der Waals surface area (Å²) in [4.78, 5) is 30.6. The molecule has 32 heavy (non-hydrogen) atoms. The Morgan fingerprint density at radius 2 is 2.00 bits per heavy atom. The first-order chi connectivity index (χ1) is 15.5. The smallest absolute Gasteiger partial charge is 0.271 e. The molecule has 2 aliphatic rings. The molecule has 3 heterocycles. The van der Waals surface area contributed by atoms with Crippen molar-refractivity contribution < 1.29 is 9.59 Å². The lowest BCUT2D eigenvalue weighted by Crippen LogP contribution is -2.65. The molecule has 1 aliphatic carbocycles. The van der Waals surface area contributed by atoms with Crippen LogP contribution in [0.15, 0.2) is 12.1 Å². The quantitative estimate of drug-likeness (QED) is 0.490. The third kappa shape index (κ3) is 4.60. The summed E-state index contributed by atoms with van der Waals surface area (Å²) in [6.07, 6.45) is 8.78. The predicted molar refractivity (Wildman–Crippen MR) is 136 cm³/mol. The van der Waals surface area contributed by atoms with E-state index in [1.165, 1.54) is 30.6 Å². The maximum Gasteiger partial charge on any atom is 0.271 e. The number of aromatic nitrogens is 1. The third-order valence-corrected chi connectivity index (χ3v) is 9.45. The van der Waals surface area contributed by atoms with Crippen molar-refractivity contribution in [3.63, 3.8) is 0 Å². The van der Waals surface area contributed by atoms with E-state index in [9.17, 15) is 9.59 Å². The minimum absolute atomic E-state index is 0.000478. The Morgan fingerprint density at radius 1 is 1.22 bits per heavy atom. The molecule has 2 aromatic heterocycles. The normalized spacial score (nSPS) is 21.8. The second-order valence-electron chi connectivity index (χ2n) is 9.44. The van der Waals surface area contributed by atoms with Crippen LogP contribution in [0.2, 0.25) is 0 Å². The first-order valence-corrected chi connectivity index (χ1v) is 14.3. The Morgan fingerprint density at radius 3 is 2.72 bits per heavy atom. The van der Waals surface area contributed by atoms with E-state index < -0.39 is 5.54 Å². The van der Waals surface area contributed by atoms with Crippen LogP contribution >= 0.6 is 23.1 Å². The number of carbonyl (C=O) groups excluding carboxylic acids is 2. The fourth-order valence-corrected chi connectivity index (χ4v) is 6.94. The van der Waals surface area contributed by atoms with Crippen LogP contribution in [0, 0.1) is 0 Å². The van der Waals surface area contributed by atoms with Gasteiger partial charge in [-0.2, -0.15) is 11.8 Å². The number of aryl methyl sites for hydroxylation is 1.